The molecular weight excluding hydrogens is 434 g/mol. The molecule has 0 amide bonds. The Morgan fingerprint density at radius 3 is 2.39 bits per heavy atom. The largest absolute Gasteiger partial charge is 0.508 e. The molecule has 0 saturated heterocycles. The van der Waals surface area contributed by atoms with Crippen LogP contribution >= 0.6 is 23.2 Å². The van der Waals surface area contributed by atoms with E-state index in [2.05, 4.69) is 4.98 Å². The Bertz CT molecular complexity index is 1260. The predicted octanol–water partition coefficient (Wildman–Crippen LogP) is 7.56. The van der Waals surface area contributed by atoms with Crippen LogP contribution in [-0.2, 0) is 6.54 Å². The molecule has 6 heteroatoms. The maximum Gasteiger partial charge on any atom is 0.133 e. The predicted molar refractivity (Wildman–Crippen MR) is 126 cm³/mol. The number of nitrogens with zero attached hydrogens (tertiary/aromatic N) is 2. The van der Waals surface area contributed by atoms with Gasteiger partial charge in [-0.15, -0.1) is 0 Å². The summed E-state index contributed by atoms with van der Waals surface area (Å²) in [6.45, 7) is 2.72. The van der Waals surface area contributed by atoms with Crippen LogP contribution in [0.5, 0.6) is 5.75 Å². The minimum absolute atomic E-state index is 0.175. The van der Waals surface area contributed by atoms with Crippen LogP contribution in [0.25, 0.3) is 34.5 Å². The molecule has 3 aromatic carbocycles. The molecule has 1 aromatic heterocycles. The first-order valence-electron chi connectivity index (χ1n) is 9.74. The van der Waals surface area contributed by atoms with Crippen molar-refractivity contribution in [1.29, 1.82) is 0 Å². The third kappa shape index (κ3) is 4.66. The molecule has 1 heterocycles. The van der Waals surface area contributed by atoms with Crippen LogP contribution in [0.2, 0.25) is 10.0 Å². The summed E-state index contributed by atoms with van der Waals surface area (Å²) < 4.78 is 16.7. The second-order valence-corrected chi connectivity index (χ2v) is 7.85. The highest BCUT2D eigenvalue weighted by molar-refractivity contribution is 6.36. The summed E-state index contributed by atoms with van der Waals surface area (Å²) in [5, 5.41) is 10.5. The summed E-state index contributed by atoms with van der Waals surface area (Å²) in [5.74, 6) is 0.539. The second-order valence-electron chi connectivity index (χ2n) is 7.01. The molecule has 3 nitrogen and oxygen atoms in total. The van der Waals surface area contributed by atoms with Crippen molar-refractivity contribution in [3.8, 4) is 28.1 Å². The van der Waals surface area contributed by atoms with Gasteiger partial charge < -0.3 is 9.67 Å². The summed E-state index contributed by atoms with van der Waals surface area (Å²) in [4.78, 5) is 4.66. The van der Waals surface area contributed by atoms with Gasteiger partial charge in [-0.2, -0.15) is 0 Å². The average Bonchev–Trinajstić information content (AvgIpc) is 3.16. The molecule has 31 heavy (non-hydrogen) atoms. The highest BCUT2D eigenvalue weighted by Gasteiger charge is 2.11. The fourth-order valence-corrected chi connectivity index (χ4v) is 3.81. The number of phenols is 1. The number of aromatic nitrogens is 2. The van der Waals surface area contributed by atoms with E-state index in [0.29, 0.717) is 28.0 Å². The van der Waals surface area contributed by atoms with Crippen LogP contribution in [0.4, 0.5) is 4.39 Å². The zero-order valence-corrected chi connectivity index (χ0v) is 18.2. The Kier molecular flexibility index (Phi) is 6.12. The quantitative estimate of drug-likeness (QED) is 0.339. The van der Waals surface area contributed by atoms with Gasteiger partial charge in [0, 0.05) is 28.9 Å². The maximum atomic E-state index is 14.7. The van der Waals surface area contributed by atoms with Crippen molar-refractivity contribution in [2.75, 3.05) is 0 Å². The van der Waals surface area contributed by atoms with Gasteiger partial charge in [0.15, 0.2) is 0 Å². The molecule has 4 rings (SSSR count). The standard InChI is InChI=1S/C25H19Cl2FN2O/c1-2-30-15-24(21-11-8-19(26)14-22(21)27)29-25(30)12-7-17-3-4-18(13-23(17)28)16-5-9-20(31)10-6-16/h3-15,31H,2H2,1H3/b12-7+. The molecule has 1 N–H and O–H groups in total. The summed E-state index contributed by atoms with van der Waals surface area (Å²) in [6.07, 6.45) is 5.41. The molecule has 0 bridgehead atoms. The van der Waals surface area contributed by atoms with E-state index in [4.69, 9.17) is 23.2 Å². The number of imidazole rings is 1. The minimum Gasteiger partial charge on any atom is -0.508 e. The van der Waals surface area contributed by atoms with Crippen LogP contribution in [0.15, 0.2) is 66.9 Å². The molecule has 156 valence electrons. The molecule has 0 radical (unpaired) electrons. The minimum atomic E-state index is -0.336. The van der Waals surface area contributed by atoms with Crippen LogP contribution in [0.3, 0.4) is 0 Å². The van der Waals surface area contributed by atoms with Gasteiger partial charge >= 0.3 is 0 Å². The third-order valence-corrected chi connectivity index (χ3v) is 5.52. The zero-order valence-electron chi connectivity index (χ0n) is 16.7. The number of rotatable bonds is 5. The topological polar surface area (TPSA) is 38.0 Å². The molecule has 0 aliphatic heterocycles. The van der Waals surface area contributed by atoms with Gasteiger partial charge in [0.2, 0.25) is 0 Å². The molecule has 0 fully saturated rings. The summed E-state index contributed by atoms with van der Waals surface area (Å²) in [7, 11) is 0. The van der Waals surface area contributed by atoms with Gasteiger partial charge in [-0.05, 0) is 66.6 Å². The summed E-state index contributed by atoms with van der Waals surface area (Å²) in [5.41, 5.74) is 3.55. The van der Waals surface area contributed by atoms with E-state index >= 15 is 0 Å². The summed E-state index contributed by atoms with van der Waals surface area (Å²) in [6, 6.07) is 17.0. The van der Waals surface area contributed by atoms with Gasteiger partial charge in [-0.1, -0.05) is 47.5 Å². The van der Waals surface area contributed by atoms with Gasteiger partial charge in [0.05, 0.1) is 10.7 Å². The Morgan fingerprint density at radius 2 is 1.71 bits per heavy atom. The van der Waals surface area contributed by atoms with Crippen LogP contribution < -0.4 is 0 Å². The SMILES string of the molecule is CCn1cc(-c2ccc(Cl)cc2Cl)nc1/C=C/c1ccc(-c2ccc(O)cc2)cc1F. The van der Waals surface area contributed by atoms with E-state index in [1.54, 1.807) is 54.6 Å². The monoisotopic (exact) mass is 452 g/mol. The van der Waals surface area contributed by atoms with Gasteiger partial charge in [0.25, 0.3) is 0 Å². The van der Waals surface area contributed by atoms with Crippen molar-refractivity contribution in [3.63, 3.8) is 0 Å². The first kappa shape index (κ1) is 21.2. The van der Waals surface area contributed by atoms with Crippen LogP contribution in [0.1, 0.15) is 18.3 Å². The number of halogens is 3. The number of hydrogen-bond donors (Lipinski definition) is 1. The van der Waals surface area contributed by atoms with E-state index in [9.17, 15) is 9.50 Å². The molecule has 0 saturated carbocycles. The lowest BCUT2D eigenvalue weighted by molar-refractivity contribution is 0.475. The van der Waals surface area contributed by atoms with Crippen molar-refractivity contribution >= 4 is 35.4 Å². The number of aromatic hydroxyl groups is 1. The molecule has 4 aromatic rings. The maximum absolute atomic E-state index is 14.7. The lowest BCUT2D eigenvalue weighted by atomic mass is 10.0. The third-order valence-electron chi connectivity index (χ3n) is 4.97. The van der Waals surface area contributed by atoms with E-state index in [-0.39, 0.29) is 11.6 Å². The Balaban J connectivity index is 1.62. The smallest absolute Gasteiger partial charge is 0.133 e. The molecule has 0 spiro atoms. The fraction of sp³-hybridized carbons (Fsp3) is 0.0800. The Morgan fingerprint density at radius 1 is 0.968 bits per heavy atom. The summed E-state index contributed by atoms with van der Waals surface area (Å²) >= 11 is 12.3. The van der Waals surface area contributed by atoms with Crippen molar-refractivity contribution < 1.29 is 9.50 Å². The highest BCUT2D eigenvalue weighted by Crippen LogP contribution is 2.30. The zero-order chi connectivity index (χ0) is 22.0. The number of aryl methyl sites for hydroxylation is 1. The van der Waals surface area contributed by atoms with E-state index in [1.165, 1.54) is 6.07 Å². The average molecular weight is 453 g/mol. The number of benzene rings is 3. The molecule has 0 aliphatic rings. The molecule has 0 unspecified atom stereocenters. The van der Waals surface area contributed by atoms with E-state index < -0.39 is 0 Å². The van der Waals surface area contributed by atoms with Gasteiger partial charge in [0.1, 0.15) is 17.4 Å². The fourth-order valence-electron chi connectivity index (χ4n) is 3.30. The van der Waals surface area contributed by atoms with Gasteiger partial charge in [-0.25, -0.2) is 9.37 Å². The Labute approximate surface area is 190 Å². The number of phenolic OH excluding ortho intramolecular Hbond substituents is 1. The van der Waals surface area contributed by atoms with Crippen molar-refractivity contribution in [1.82, 2.24) is 9.55 Å². The van der Waals surface area contributed by atoms with Crippen molar-refractivity contribution in [2.24, 2.45) is 0 Å². The second kappa shape index (κ2) is 8.96. The van der Waals surface area contributed by atoms with E-state index in [1.807, 2.05) is 29.8 Å². The van der Waals surface area contributed by atoms with E-state index in [0.717, 1.165) is 22.4 Å². The first-order valence-corrected chi connectivity index (χ1v) is 10.5. The van der Waals surface area contributed by atoms with Crippen molar-refractivity contribution in [3.05, 3.63) is 94.1 Å². The van der Waals surface area contributed by atoms with Crippen molar-refractivity contribution in [2.45, 2.75) is 13.5 Å². The normalized spacial score (nSPS) is 11.4. The van der Waals surface area contributed by atoms with Crippen LogP contribution in [-0.4, -0.2) is 14.7 Å². The lowest BCUT2D eigenvalue weighted by Crippen LogP contribution is -1.95. The number of hydrogen-bond acceptors (Lipinski definition) is 2. The molecule has 0 aliphatic carbocycles. The van der Waals surface area contributed by atoms with Crippen LogP contribution in [0, 0.1) is 5.82 Å². The Hall–Kier alpha value is -3.08. The molecule has 0 atom stereocenters. The first-order chi connectivity index (χ1) is 14.9. The molecular formula is C25H19Cl2FN2O. The van der Waals surface area contributed by atoms with Gasteiger partial charge in [-0.3, -0.25) is 0 Å². The lowest BCUT2D eigenvalue weighted by Gasteiger charge is -2.04. The highest BCUT2D eigenvalue weighted by atomic mass is 35.5.